The van der Waals surface area contributed by atoms with E-state index in [9.17, 15) is 34.8 Å². The maximum atomic E-state index is 14.7. The number of Topliss-reactive ketones (excluding diaryl/α,β-unsaturated/α-hetero) is 3. The highest BCUT2D eigenvalue weighted by Crippen LogP contribution is 2.65. The summed E-state index contributed by atoms with van der Waals surface area (Å²) in [6.45, 7) is 10.6. The van der Waals surface area contributed by atoms with Crippen LogP contribution in [0.25, 0.3) is 5.57 Å². The van der Waals surface area contributed by atoms with Crippen molar-refractivity contribution in [2.45, 2.75) is 98.5 Å². The van der Waals surface area contributed by atoms with Gasteiger partial charge < -0.3 is 20.4 Å². The third-order valence-corrected chi connectivity index (χ3v) is 11.8. The van der Waals surface area contributed by atoms with Gasteiger partial charge in [0.15, 0.2) is 17.2 Å². The van der Waals surface area contributed by atoms with E-state index in [-0.39, 0.29) is 41.4 Å². The van der Waals surface area contributed by atoms with Gasteiger partial charge in [0.2, 0.25) is 5.78 Å². The largest absolute Gasteiger partial charge is 0.511 e. The average Bonchev–Trinajstić information content (AvgIpc) is 3.48. The first-order chi connectivity index (χ1) is 21.1. The van der Waals surface area contributed by atoms with Gasteiger partial charge in [-0.3, -0.25) is 14.4 Å². The minimum Gasteiger partial charge on any atom is -0.511 e. The number of aromatic hydroxyl groups is 1. The molecule has 7 nitrogen and oxygen atoms in total. The molecule has 0 radical (unpaired) electrons. The molecule has 4 N–H and O–H groups in total. The molecular weight excluding hydrogens is 568 g/mol. The van der Waals surface area contributed by atoms with Crippen molar-refractivity contribution < 1.29 is 34.8 Å². The lowest BCUT2D eigenvalue weighted by atomic mass is 9.44. The second-order valence-corrected chi connectivity index (χ2v) is 15.4. The van der Waals surface area contributed by atoms with Gasteiger partial charge in [0.25, 0.3) is 0 Å². The summed E-state index contributed by atoms with van der Waals surface area (Å²) in [4.78, 5) is 41.3. The van der Waals surface area contributed by atoms with E-state index in [0.29, 0.717) is 29.4 Å². The monoisotopic (exact) mass is 614 g/mol. The van der Waals surface area contributed by atoms with E-state index < -0.39 is 51.0 Å². The van der Waals surface area contributed by atoms with Crippen LogP contribution < -0.4 is 0 Å². The molecule has 7 heteroatoms. The molecule has 5 aliphatic carbocycles. The molecular formula is C38H46O7. The number of phenols is 1. The number of rotatable bonds is 5. The lowest BCUT2D eigenvalue weighted by molar-refractivity contribution is -0.171. The molecule has 240 valence electrons. The summed E-state index contributed by atoms with van der Waals surface area (Å²) in [7, 11) is 0. The molecule has 0 heterocycles. The van der Waals surface area contributed by atoms with Gasteiger partial charge in [0.1, 0.15) is 22.8 Å². The van der Waals surface area contributed by atoms with Gasteiger partial charge in [0, 0.05) is 22.3 Å². The Morgan fingerprint density at radius 1 is 1.07 bits per heavy atom. The summed E-state index contributed by atoms with van der Waals surface area (Å²) in [5.74, 6) is -3.76. The topological polar surface area (TPSA) is 132 Å². The first kappa shape index (κ1) is 31.5. The van der Waals surface area contributed by atoms with Crippen LogP contribution in [-0.4, -0.2) is 43.4 Å². The summed E-state index contributed by atoms with van der Waals surface area (Å²) in [5.41, 5.74) is -2.35. The standard InChI is InChI=1S/C38H46O7/c1-19(2)29-32(41)27(21(4)39)34(43)38(45)35(44)30-33(42)28-26(17-36(30,5)18-37(29,38)6)25(23-9-7-8-10-23)16-24(31(28)40)15-22-13-11-20(3)12-14-22/h7,9-10,16,19-20,22,29,40-41,44-45H,8,11-15,17-18H2,1-6H3/t20?,22?,29?,36-,37-,38+/m1/s1. The van der Waals surface area contributed by atoms with Crippen LogP contribution in [0.5, 0.6) is 5.75 Å². The van der Waals surface area contributed by atoms with Crippen LogP contribution in [0.2, 0.25) is 0 Å². The van der Waals surface area contributed by atoms with Crippen LogP contribution in [-0.2, 0) is 22.4 Å². The van der Waals surface area contributed by atoms with Gasteiger partial charge in [-0.2, -0.15) is 0 Å². The van der Waals surface area contributed by atoms with Gasteiger partial charge in [0.05, 0.1) is 5.56 Å². The number of aliphatic hydroxyl groups excluding tert-OH is 2. The number of aliphatic hydroxyl groups is 3. The molecule has 0 saturated heterocycles. The smallest absolute Gasteiger partial charge is 0.209 e. The van der Waals surface area contributed by atoms with Crippen molar-refractivity contribution in [3.8, 4) is 5.75 Å². The van der Waals surface area contributed by atoms with Crippen molar-refractivity contribution >= 4 is 22.9 Å². The van der Waals surface area contributed by atoms with Crippen molar-refractivity contribution in [3.05, 3.63) is 69.2 Å². The van der Waals surface area contributed by atoms with Crippen molar-refractivity contribution in [3.63, 3.8) is 0 Å². The zero-order valence-electron chi connectivity index (χ0n) is 27.3. The first-order valence-corrected chi connectivity index (χ1v) is 16.5. The summed E-state index contributed by atoms with van der Waals surface area (Å²) in [6, 6.07) is 2.04. The van der Waals surface area contributed by atoms with Crippen molar-refractivity contribution in [1.29, 1.82) is 0 Å². The van der Waals surface area contributed by atoms with E-state index >= 15 is 0 Å². The molecule has 5 aliphatic rings. The second kappa shape index (κ2) is 10.5. The molecule has 0 amide bonds. The van der Waals surface area contributed by atoms with Gasteiger partial charge >= 0.3 is 0 Å². The highest BCUT2D eigenvalue weighted by atomic mass is 16.3. The Labute approximate surface area is 265 Å². The fraction of sp³-hybridized carbons (Fsp3) is 0.553. The van der Waals surface area contributed by atoms with E-state index in [1.54, 1.807) is 6.92 Å². The Morgan fingerprint density at radius 2 is 1.73 bits per heavy atom. The quantitative estimate of drug-likeness (QED) is 0.261. The Kier molecular flexibility index (Phi) is 7.39. The second-order valence-electron chi connectivity index (χ2n) is 15.4. The predicted molar refractivity (Wildman–Crippen MR) is 172 cm³/mol. The van der Waals surface area contributed by atoms with Crippen molar-refractivity contribution in [2.75, 3.05) is 0 Å². The zero-order valence-corrected chi connectivity index (χ0v) is 27.3. The fourth-order valence-corrected chi connectivity index (χ4v) is 9.77. The summed E-state index contributed by atoms with van der Waals surface area (Å²) in [6.07, 6.45) is 12.3. The molecule has 0 spiro atoms. The number of benzene rings is 1. The maximum absolute atomic E-state index is 14.7. The molecule has 1 fully saturated rings. The van der Waals surface area contributed by atoms with Crippen LogP contribution in [0, 0.1) is 34.5 Å². The van der Waals surface area contributed by atoms with Gasteiger partial charge in [-0.25, -0.2) is 0 Å². The zero-order chi connectivity index (χ0) is 32.8. The van der Waals surface area contributed by atoms with Gasteiger partial charge in [-0.05, 0) is 91.5 Å². The summed E-state index contributed by atoms with van der Waals surface area (Å²) >= 11 is 0. The van der Waals surface area contributed by atoms with Crippen LogP contribution in [0.3, 0.4) is 0 Å². The lowest BCUT2D eigenvalue weighted by Gasteiger charge is -2.59. The minimum atomic E-state index is -2.61. The predicted octanol–water partition coefficient (Wildman–Crippen LogP) is 7.06. The van der Waals surface area contributed by atoms with E-state index in [1.807, 2.05) is 32.9 Å². The molecule has 0 aliphatic heterocycles. The number of ketones is 3. The molecule has 1 saturated carbocycles. The highest BCUT2D eigenvalue weighted by molar-refractivity contribution is 6.25. The van der Waals surface area contributed by atoms with E-state index in [1.165, 1.54) is 0 Å². The Morgan fingerprint density at radius 3 is 2.31 bits per heavy atom. The van der Waals surface area contributed by atoms with Crippen LogP contribution in [0.1, 0.15) is 107 Å². The van der Waals surface area contributed by atoms with Crippen LogP contribution in [0.4, 0.5) is 0 Å². The van der Waals surface area contributed by atoms with Gasteiger partial charge in [-0.15, -0.1) is 0 Å². The molecule has 1 unspecified atom stereocenters. The Bertz CT molecular complexity index is 1650. The fourth-order valence-electron chi connectivity index (χ4n) is 9.77. The summed E-state index contributed by atoms with van der Waals surface area (Å²) in [5, 5.41) is 47.6. The lowest BCUT2D eigenvalue weighted by Crippen LogP contribution is -2.67. The normalized spacial score (nSPS) is 34.6. The van der Waals surface area contributed by atoms with Crippen molar-refractivity contribution in [1.82, 2.24) is 0 Å². The number of hydrogen-bond acceptors (Lipinski definition) is 7. The third-order valence-electron chi connectivity index (χ3n) is 11.8. The maximum Gasteiger partial charge on any atom is 0.209 e. The molecule has 45 heavy (non-hydrogen) atoms. The number of carbonyl (C=O) groups is 3. The molecule has 0 bridgehead atoms. The molecule has 1 aromatic rings. The number of fused-ring (bicyclic) bond motifs is 3. The first-order valence-electron chi connectivity index (χ1n) is 16.5. The van der Waals surface area contributed by atoms with Crippen molar-refractivity contribution in [2.24, 2.45) is 34.5 Å². The number of phenolic OH excluding ortho intramolecular Hbond substituents is 1. The average molecular weight is 615 g/mol. The van der Waals surface area contributed by atoms with E-state index in [2.05, 4.69) is 19.1 Å². The van der Waals surface area contributed by atoms with Crippen LogP contribution >= 0.6 is 0 Å². The SMILES string of the molecule is CC(=O)C1=C(O)C(C(C)C)[C@@]2(C)C[C@@]3(C)Cc4c(C5=CCC=C5)cc(CC5CCC(C)CC5)c(O)c4C(=O)C3=C(O)[C@@]2(O)C1=O. The van der Waals surface area contributed by atoms with E-state index in [4.69, 9.17) is 0 Å². The number of carbonyl (C=O) groups excluding carboxylic acids is 3. The molecule has 6 rings (SSSR count). The van der Waals surface area contributed by atoms with Gasteiger partial charge in [-0.1, -0.05) is 65.7 Å². The summed E-state index contributed by atoms with van der Waals surface area (Å²) < 4.78 is 0. The number of allylic oxidation sites excluding steroid dienone is 6. The third kappa shape index (κ3) is 4.36. The van der Waals surface area contributed by atoms with E-state index in [0.717, 1.165) is 50.2 Å². The molecule has 4 atom stereocenters. The van der Waals surface area contributed by atoms with Crippen LogP contribution in [0.15, 0.2) is 47.0 Å². The Hall–Kier alpha value is -3.45. The molecule has 1 aromatic carbocycles. The molecule has 0 aromatic heterocycles. The minimum absolute atomic E-state index is 0.0853. The number of hydrogen-bond donors (Lipinski definition) is 4. The Balaban J connectivity index is 1.57. The highest BCUT2D eigenvalue weighted by Gasteiger charge is 2.71.